The summed E-state index contributed by atoms with van der Waals surface area (Å²) < 4.78 is 0. The van der Waals surface area contributed by atoms with Crippen molar-refractivity contribution in [1.82, 2.24) is 0 Å². The molecule has 0 atom stereocenters. The Hall–Kier alpha value is 2.08. The summed E-state index contributed by atoms with van der Waals surface area (Å²) in [5, 5.41) is 0. The van der Waals surface area contributed by atoms with Crippen LogP contribution >= 0.6 is 0 Å². The maximum atomic E-state index is 3.56. The standard InChI is InChI=1S/BH2.Bi.Co.Zn.3H/h1H2;;;;;;/q+1;;-1;;;;. The summed E-state index contributed by atoms with van der Waals surface area (Å²) in [6.07, 6.45) is 0. The van der Waals surface area contributed by atoms with Crippen LogP contribution in [0.3, 0.4) is 0 Å². The molecule has 0 heterocycles. The van der Waals surface area contributed by atoms with Gasteiger partial charge in [-0.05, 0) is 0 Å². The number of hydrogen-bond donors (Lipinski definition) is 0. The third-order valence-electron chi connectivity index (χ3n) is 0. The van der Waals surface area contributed by atoms with Gasteiger partial charge in [0.1, 0.15) is 0 Å². The quantitative estimate of drug-likeness (QED) is 0.440. The Morgan fingerprint density at radius 2 is 1.25 bits per heavy atom. The molecule has 0 bridgehead atoms. The third kappa shape index (κ3) is 8.95. The van der Waals surface area contributed by atoms with Crippen molar-refractivity contribution in [2.75, 3.05) is 0 Å². The van der Waals surface area contributed by atoms with E-state index in [9.17, 15) is 0 Å². The van der Waals surface area contributed by atoms with Crippen molar-refractivity contribution in [2.45, 2.75) is 0 Å². The fourth-order valence-electron chi connectivity index (χ4n) is 0. The van der Waals surface area contributed by atoms with E-state index in [4.69, 9.17) is 0 Å². The molecule has 0 rings (SSSR count). The second kappa shape index (κ2) is 19.6. The zero-order valence-corrected chi connectivity index (χ0v) is 12.3. The first-order valence-corrected chi connectivity index (χ1v) is 1.37. The monoisotopic (exact) mass is 348 g/mol. The first-order valence-electron chi connectivity index (χ1n) is 0.333. The molecule has 0 unspecified atom stereocenters. The minimum Gasteiger partial charge on any atom is 0 e. The molecule has 0 saturated heterocycles. The minimum atomic E-state index is 0. The van der Waals surface area contributed by atoms with Gasteiger partial charge in [0, 0.05) is 19.5 Å². The minimum absolute atomic E-state index is 0. The normalized spacial score (nSPS) is 1.50. The molecule has 0 nitrogen and oxygen atoms in total. The van der Waals surface area contributed by atoms with Gasteiger partial charge in [-0.2, -0.15) is 0 Å². The summed E-state index contributed by atoms with van der Waals surface area (Å²) in [5.74, 6) is 0. The van der Waals surface area contributed by atoms with E-state index in [1.165, 1.54) is 0 Å². The molecule has 0 aromatic heterocycles. The second-order valence-electron chi connectivity index (χ2n) is 0. The van der Waals surface area contributed by atoms with Crippen molar-refractivity contribution in [3.05, 3.63) is 0 Å². The van der Waals surface area contributed by atoms with Crippen LogP contribution in [-0.4, -0.2) is 32.9 Å². The molecule has 4 heavy (non-hydrogen) atoms. The van der Waals surface area contributed by atoms with E-state index >= 15 is 0 Å². The molecule has 0 aliphatic heterocycles. The first-order chi connectivity index (χ1) is 1.00. The van der Waals surface area contributed by atoms with E-state index in [1.54, 1.807) is 6.70 Å². The Kier molecular flexibility index (Phi) is 80.9. The van der Waals surface area contributed by atoms with Crippen LogP contribution in [0.2, 0.25) is 0 Å². The van der Waals surface area contributed by atoms with Gasteiger partial charge in [0.15, 0.2) is 0 Å². The molecule has 0 amide bonds. The van der Waals surface area contributed by atoms with Crippen LogP contribution in [0.1, 0.15) is 0 Å². The van der Waals surface area contributed by atoms with Gasteiger partial charge >= 0.3 is 48.5 Å². The zero-order valence-electron chi connectivity index (χ0n) is 2.75. The molecule has 0 aromatic carbocycles. The summed E-state index contributed by atoms with van der Waals surface area (Å²) in [6, 6.07) is 0. The average molecular weight is 349 g/mol. The topological polar surface area (TPSA) is 0 Å². The van der Waals surface area contributed by atoms with Crippen molar-refractivity contribution in [3.63, 3.8) is 0 Å². The molecular weight excluding hydrogens is 344 g/mol. The van der Waals surface area contributed by atoms with Crippen LogP contribution in [0.4, 0.5) is 0 Å². The van der Waals surface area contributed by atoms with Gasteiger partial charge in [-0.1, -0.05) is 0 Å². The van der Waals surface area contributed by atoms with Gasteiger partial charge in [-0.25, -0.2) is 0 Å². The van der Waals surface area contributed by atoms with Crippen molar-refractivity contribution in [1.29, 1.82) is 0 Å². The van der Waals surface area contributed by atoms with E-state index in [0.29, 0.717) is 0 Å². The summed E-state index contributed by atoms with van der Waals surface area (Å²) in [7, 11) is 0. The van der Waals surface area contributed by atoms with Gasteiger partial charge in [-0.15, -0.1) is 0 Å². The van der Waals surface area contributed by atoms with Crippen LogP contribution in [0.15, 0.2) is 0 Å². The van der Waals surface area contributed by atoms with Gasteiger partial charge in [0.05, 0.1) is 0 Å². The molecule has 0 N–H and O–H groups in total. The summed E-state index contributed by atoms with van der Waals surface area (Å²) in [6.45, 7) is 1.69. The van der Waals surface area contributed by atoms with Crippen LogP contribution in [-0.2, 0) is 35.0 Å². The van der Waals surface area contributed by atoms with Gasteiger partial charge in [0.25, 0.3) is 0 Å². The molecule has 0 fully saturated rings. The van der Waals surface area contributed by atoms with E-state index < -0.39 is 0 Å². The third-order valence-corrected chi connectivity index (χ3v) is 0. The second-order valence-corrected chi connectivity index (χ2v) is 0. The van der Waals surface area contributed by atoms with Gasteiger partial charge in [-0.3, -0.25) is 0 Å². The predicted octanol–water partition coefficient (Wildman–Crippen LogP) is -2.11. The van der Waals surface area contributed by atoms with Crippen LogP contribution < -0.4 is 0 Å². The van der Waals surface area contributed by atoms with E-state index in [1.807, 2.05) is 0 Å². The maximum Gasteiger partial charge on any atom is 0 e. The Balaban J connectivity index is -0.00000000500. The van der Waals surface area contributed by atoms with Crippen LogP contribution in [0, 0.1) is 0 Å². The molecule has 0 aromatic rings. The Labute approximate surface area is 67.2 Å². The maximum absolute atomic E-state index is 3.56. The smallest absolute Gasteiger partial charge is 0 e. The Bertz CT molecular complexity index is 8.00. The van der Waals surface area contributed by atoms with Gasteiger partial charge < -0.3 is 0 Å². The molecule has 24 valence electrons. The first kappa shape index (κ1) is 16.5. The summed E-state index contributed by atoms with van der Waals surface area (Å²) in [4.78, 5) is 0. The van der Waals surface area contributed by atoms with Crippen molar-refractivity contribution >= 4 is 32.9 Å². The molecule has 0 radical (unpaired) electrons. The predicted molar refractivity (Wildman–Crippen MR) is 18.5 cm³/mol. The fourth-order valence-corrected chi connectivity index (χ4v) is 0. The van der Waals surface area contributed by atoms with E-state index in [0.717, 1.165) is 0 Å². The zero-order chi connectivity index (χ0) is 2.00. The van der Waals surface area contributed by atoms with Gasteiger partial charge in [0.2, 0.25) is 0 Å². The molecule has 0 spiro atoms. The molecular formula is H5BBiCoZn. The molecule has 0 aliphatic rings. The van der Waals surface area contributed by atoms with Crippen LogP contribution in [0.5, 0.6) is 0 Å². The van der Waals surface area contributed by atoms with E-state index in [-0.39, 0.29) is 45.7 Å². The number of hydrogen-bond acceptors (Lipinski definition) is 0. The van der Waals surface area contributed by atoms with E-state index in [2.05, 4.69) is 15.6 Å². The van der Waals surface area contributed by atoms with Crippen LogP contribution in [0.25, 0.3) is 0 Å². The Morgan fingerprint density at radius 3 is 1.25 bits per heavy atom. The SMILES string of the molecule is [BH2][Co].[BiH3].[Zn]. The largest absolute Gasteiger partial charge is 0 e. The van der Waals surface area contributed by atoms with Crippen molar-refractivity contribution < 1.29 is 35.0 Å². The molecule has 4 heteroatoms. The Morgan fingerprint density at radius 1 is 1.25 bits per heavy atom. The number of rotatable bonds is 0. The molecule has 0 saturated carbocycles. The fraction of sp³-hybridized carbons (Fsp3) is 0. The summed E-state index contributed by atoms with van der Waals surface area (Å²) >= 11 is 3.56. The summed E-state index contributed by atoms with van der Waals surface area (Å²) in [5.41, 5.74) is 0. The molecule has 0 aliphatic carbocycles. The van der Waals surface area contributed by atoms with Crippen molar-refractivity contribution in [2.24, 2.45) is 0 Å². The average Bonchev–Trinajstić information content (AvgIpc) is 1.00. The van der Waals surface area contributed by atoms with Crippen molar-refractivity contribution in [3.8, 4) is 0 Å².